The van der Waals surface area contributed by atoms with E-state index >= 15 is 0 Å². The van der Waals surface area contributed by atoms with E-state index in [2.05, 4.69) is 32.7 Å². The van der Waals surface area contributed by atoms with Crippen LogP contribution >= 0.6 is 22.6 Å². The SMILES string of the molecule is CC(C)c1nc(COc2cc(C(=O)O)ccc2I)no1. The summed E-state index contributed by atoms with van der Waals surface area (Å²) >= 11 is 2.08. The first-order valence-corrected chi connectivity index (χ1v) is 7.03. The molecule has 6 nitrogen and oxygen atoms in total. The van der Waals surface area contributed by atoms with Gasteiger partial charge in [-0.3, -0.25) is 0 Å². The zero-order valence-corrected chi connectivity index (χ0v) is 13.1. The van der Waals surface area contributed by atoms with Gasteiger partial charge in [-0.15, -0.1) is 0 Å². The second-order valence-electron chi connectivity index (χ2n) is 4.44. The lowest BCUT2D eigenvalue weighted by Gasteiger charge is -2.06. The minimum atomic E-state index is -0.993. The molecule has 0 spiro atoms. The molecule has 0 radical (unpaired) electrons. The quantitative estimate of drug-likeness (QED) is 0.793. The van der Waals surface area contributed by atoms with Crippen molar-refractivity contribution in [3.05, 3.63) is 39.0 Å². The highest BCUT2D eigenvalue weighted by Crippen LogP contribution is 2.23. The van der Waals surface area contributed by atoms with E-state index in [-0.39, 0.29) is 18.1 Å². The lowest BCUT2D eigenvalue weighted by molar-refractivity contribution is 0.0696. The maximum absolute atomic E-state index is 10.9. The normalized spacial score (nSPS) is 10.8. The molecule has 1 N–H and O–H groups in total. The number of hydrogen-bond donors (Lipinski definition) is 1. The Morgan fingerprint density at radius 1 is 1.50 bits per heavy atom. The molecule has 0 atom stereocenters. The van der Waals surface area contributed by atoms with E-state index in [1.54, 1.807) is 6.07 Å². The number of hydrogen-bond acceptors (Lipinski definition) is 5. The van der Waals surface area contributed by atoms with Crippen LogP contribution in [0.3, 0.4) is 0 Å². The maximum Gasteiger partial charge on any atom is 0.335 e. The van der Waals surface area contributed by atoms with Gasteiger partial charge in [-0.1, -0.05) is 19.0 Å². The Balaban J connectivity index is 2.09. The van der Waals surface area contributed by atoms with Crippen LogP contribution in [0.1, 0.15) is 41.8 Å². The van der Waals surface area contributed by atoms with E-state index in [0.717, 1.165) is 3.57 Å². The van der Waals surface area contributed by atoms with Crippen molar-refractivity contribution in [2.75, 3.05) is 0 Å². The fraction of sp³-hybridized carbons (Fsp3) is 0.308. The summed E-state index contributed by atoms with van der Waals surface area (Å²) in [5, 5.41) is 12.8. The number of ether oxygens (including phenoxy) is 1. The first-order chi connectivity index (χ1) is 9.47. The van der Waals surface area contributed by atoms with Gasteiger partial charge in [0.05, 0.1) is 9.13 Å². The van der Waals surface area contributed by atoms with Gasteiger partial charge in [0.25, 0.3) is 0 Å². The van der Waals surface area contributed by atoms with Crippen molar-refractivity contribution < 1.29 is 19.2 Å². The van der Waals surface area contributed by atoms with E-state index in [0.29, 0.717) is 17.5 Å². The zero-order valence-electron chi connectivity index (χ0n) is 11.0. The number of carboxylic acids is 1. The van der Waals surface area contributed by atoms with Crippen LogP contribution in [0.4, 0.5) is 0 Å². The fourth-order valence-corrected chi connectivity index (χ4v) is 1.94. The molecule has 2 rings (SSSR count). The molecule has 0 saturated carbocycles. The summed E-state index contributed by atoms with van der Waals surface area (Å²) in [6, 6.07) is 4.70. The summed E-state index contributed by atoms with van der Waals surface area (Å²) in [6.07, 6.45) is 0. The van der Waals surface area contributed by atoms with E-state index in [9.17, 15) is 4.79 Å². The molecule has 1 aromatic carbocycles. The third-order valence-corrected chi connectivity index (χ3v) is 3.40. The summed E-state index contributed by atoms with van der Waals surface area (Å²) in [5.41, 5.74) is 0.177. The zero-order chi connectivity index (χ0) is 14.7. The highest BCUT2D eigenvalue weighted by atomic mass is 127. The van der Waals surface area contributed by atoms with Gasteiger partial charge in [0.1, 0.15) is 5.75 Å². The average molecular weight is 388 g/mol. The van der Waals surface area contributed by atoms with Crippen LogP contribution in [0.15, 0.2) is 22.7 Å². The summed E-state index contributed by atoms with van der Waals surface area (Å²) in [4.78, 5) is 15.1. The molecule has 2 aromatic rings. The molecule has 1 heterocycles. The van der Waals surface area contributed by atoms with Crippen LogP contribution in [0.25, 0.3) is 0 Å². The Bertz CT molecular complexity index is 625. The Morgan fingerprint density at radius 3 is 2.85 bits per heavy atom. The van der Waals surface area contributed by atoms with Crippen LogP contribution in [-0.2, 0) is 6.61 Å². The Kier molecular flexibility index (Phi) is 4.58. The van der Waals surface area contributed by atoms with Gasteiger partial charge >= 0.3 is 5.97 Å². The lowest BCUT2D eigenvalue weighted by Crippen LogP contribution is -2.02. The molecule has 20 heavy (non-hydrogen) atoms. The molecule has 0 aliphatic carbocycles. The highest BCUT2D eigenvalue weighted by Gasteiger charge is 2.12. The van der Waals surface area contributed by atoms with Crippen molar-refractivity contribution >= 4 is 28.6 Å². The van der Waals surface area contributed by atoms with Gasteiger partial charge in [0.15, 0.2) is 6.61 Å². The maximum atomic E-state index is 10.9. The number of aromatic carboxylic acids is 1. The minimum Gasteiger partial charge on any atom is -0.484 e. The van der Waals surface area contributed by atoms with E-state index < -0.39 is 5.97 Å². The van der Waals surface area contributed by atoms with Crippen molar-refractivity contribution in [2.45, 2.75) is 26.4 Å². The van der Waals surface area contributed by atoms with Crippen LogP contribution < -0.4 is 4.74 Å². The molecule has 7 heteroatoms. The van der Waals surface area contributed by atoms with Gasteiger partial charge < -0.3 is 14.4 Å². The molecule has 0 fully saturated rings. The summed E-state index contributed by atoms with van der Waals surface area (Å²) in [6.45, 7) is 4.05. The van der Waals surface area contributed by atoms with Gasteiger partial charge in [-0.25, -0.2) is 4.79 Å². The standard InChI is InChI=1S/C13H13IN2O4/c1-7(2)12-15-11(16-20-12)6-19-10-5-8(13(17)18)3-4-9(10)14/h3-5,7H,6H2,1-2H3,(H,17,18). The van der Waals surface area contributed by atoms with Crippen molar-refractivity contribution in [3.8, 4) is 5.75 Å². The van der Waals surface area contributed by atoms with Crippen LogP contribution in [0.2, 0.25) is 0 Å². The Hall–Kier alpha value is -1.64. The minimum absolute atomic E-state index is 0.134. The predicted octanol–water partition coefficient (Wildman–Crippen LogP) is 3.07. The molecule has 0 aliphatic rings. The van der Waals surface area contributed by atoms with Crippen molar-refractivity contribution in [1.82, 2.24) is 10.1 Å². The monoisotopic (exact) mass is 388 g/mol. The Labute approximate surface area is 129 Å². The lowest BCUT2D eigenvalue weighted by atomic mass is 10.2. The largest absolute Gasteiger partial charge is 0.484 e. The molecule has 0 bridgehead atoms. The van der Waals surface area contributed by atoms with E-state index in [1.807, 2.05) is 13.8 Å². The van der Waals surface area contributed by atoms with Crippen LogP contribution in [0.5, 0.6) is 5.75 Å². The number of rotatable bonds is 5. The highest BCUT2D eigenvalue weighted by molar-refractivity contribution is 14.1. The number of aromatic nitrogens is 2. The fourth-order valence-electron chi connectivity index (χ4n) is 1.45. The first-order valence-electron chi connectivity index (χ1n) is 5.95. The first kappa shape index (κ1) is 14.8. The Morgan fingerprint density at radius 2 is 2.25 bits per heavy atom. The molecular formula is C13H13IN2O4. The topological polar surface area (TPSA) is 85.5 Å². The van der Waals surface area contributed by atoms with E-state index in [4.69, 9.17) is 14.4 Å². The summed E-state index contributed by atoms with van der Waals surface area (Å²) < 4.78 is 11.4. The summed E-state index contributed by atoms with van der Waals surface area (Å²) in [5.74, 6) is 0.642. The van der Waals surface area contributed by atoms with Gasteiger partial charge in [-0.2, -0.15) is 4.98 Å². The molecule has 0 amide bonds. The molecule has 0 saturated heterocycles. The smallest absolute Gasteiger partial charge is 0.335 e. The molecule has 106 valence electrons. The number of benzene rings is 1. The number of nitrogens with zero attached hydrogens (tertiary/aromatic N) is 2. The van der Waals surface area contributed by atoms with Crippen molar-refractivity contribution in [3.63, 3.8) is 0 Å². The molecular weight excluding hydrogens is 375 g/mol. The van der Waals surface area contributed by atoms with Gasteiger partial charge in [0.2, 0.25) is 11.7 Å². The third kappa shape index (κ3) is 3.47. The summed E-state index contributed by atoms with van der Waals surface area (Å²) in [7, 11) is 0. The van der Waals surface area contributed by atoms with Gasteiger partial charge in [0, 0.05) is 5.92 Å². The average Bonchev–Trinajstić information content (AvgIpc) is 2.86. The second kappa shape index (κ2) is 6.21. The van der Waals surface area contributed by atoms with E-state index in [1.165, 1.54) is 12.1 Å². The van der Waals surface area contributed by atoms with Crippen LogP contribution in [0, 0.1) is 3.57 Å². The molecule has 0 unspecified atom stereocenters. The molecule has 1 aromatic heterocycles. The number of halogens is 1. The molecule has 0 aliphatic heterocycles. The number of carbonyl (C=O) groups is 1. The van der Waals surface area contributed by atoms with Crippen molar-refractivity contribution in [1.29, 1.82) is 0 Å². The van der Waals surface area contributed by atoms with Gasteiger partial charge in [-0.05, 0) is 40.8 Å². The third-order valence-electron chi connectivity index (χ3n) is 2.51. The number of carboxylic acid groups (broad SMARTS) is 1. The van der Waals surface area contributed by atoms with Crippen molar-refractivity contribution in [2.24, 2.45) is 0 Å². The predicted molar refractivity (Wildman–Crippen MR) is 78.8 cm³/mol. The van der Waals surface area contributed by atoms with Crippen LogP contribution in [-0.4, -0.2) is 21.2 Å². The second-order valence-corrected chi connectivity index (χ2v) is 5.60.